The van der Waals surface area contributed by atoms with E-state index in [1.807, 2.05) is 6.92 Å². The molecule has 0 saturated heterocycles. The van der Waals surface area contributed by atoms with E-state index >= 15 is 0 Å². The Hall–Kier alpha value is -1.06. The molecule has 0 radical (unpaired) electrons. The Labute approximate surface area is 41.3 Å². The summed E-state index contributed by atoms with van der Waals surface area (Å²) in [5.74, 6) is 0.639. The van der Waals surface area contributed by atoms with Crippen LogP contribution in [0.15, 0.2) is 22.2 Å². The maximum atomic E-state index is 3.63. The summed E-state index contributed by atoms with van der Waals surface area (Å²) in [6.07, 6.45) is 1.77. The molecule has 0 aliphatic carbocycles. The molecule has 1 aliphatic rings. The van der Waals surface area contributed by atoms with Crippen molar-refractivity contribution in [3.8, 4) is 0 Å². The maximum Gasteiger partial charge on any atom is -0.0283 e. The van der Waals surface area contributed by atoms with E-state index in [-0.39, 0.29) is 0 Å². The second kappa shape index (κ2) is 1.59. The van der Waals surface area contributed by atoms with E-state index in [9.17, 15) is 0 Å². The fourth-order valence-corrected chi connectivity index (χ4v) is 0.292. The Kier molecular flexibility index (Phi) is 0.934. The highest BCUT2D eigenvalue weighted by atomic mass is 15.7. The SMILES string of the molecule is CC=C1N=NN[N-]1. The van der Waals surface area contributed by atoms with Gasteiger partial charge in [-0.15, -0.1) is 0 Å². The zero-order valence-electron chi connectivity index (χ0n) is 3.92. The molecule has 0 unspecified atom stereocenters. The molecule has 0 atom stereocenters. The standard InChI is InChI=1S/C3H5N4/c1-2-3-4-6-7-5-3/h2H,1H3,(H-,4,5,6,7)/q-1. The summed E-state index contributed by atoms with van der Waals surface area (Å²) in [4.78, 5) is 0. The van der Waals surface area contributed by atoms with Crippen LogP contribution in [0.2, 0.25) is 0 Å². The van der Waals surface area contributed by atoms with E-state index in [4.69, 9.17) is 0 Å². The second-order valence-corrected chi connectivity index (χ2v) is 1.06. The van der Waals surface area contributed by atoms with Gasteiger partial charge in [0.1, 0.15) is 0 Å². The van der Waals surface area contributed by atoms with Crippen LogP contribution in [0.5, 0.6) is 0 Å². The van der Waals surface area contributed by atoms with Crippen molar-refractivity contribution < 1.29 is 0 Å². The fraction of sp³-hybridized carbons (Fsp3) is 0.333. The van der Waals surface area contributed by atoms with Gasteiger partial charge in [0.25, 0.3) is 0 Å². The van der Waals surface area contributed by atoms with Gasteiger partial charge in [-0.05, 0) is 12.7 Å². The molecule has 0 aromatic rings. The van der Waals surface area contributed by atoms with Crippen LogP contribution in [0.4, 0.5) is 0 Å². The van der Waals surface area contributed by atoms with Gasteiger partial charge in [-0.25, -0.2) is 0 Å². The summed E-state index contributed by atoms with van der Waals surface area (Å²) in [6, 6.07) is 0. The maximum absolute atomic E-state index is 3.63. The summed E-state index contributed by atoms with van der Waals surface area (Å²) in [7, 11) is 0. The second-order valence-electron chi connectivity index (χ2n) is 1.06. The summed E-state index contributed by atoms with van der Waals surface area (Å²) in [5.41, 5.74) is 5.97. The zero-order chi connectivity index (χ0) is 5.11. The highest BCUT2D eigenvalue weighted by molar-refractivity contribution is 5.12. The minimum atomic E-state index is 0.639. The number of hydrogen-bond acceptors (Lipinski definition) is 3. The van der Waals surface area contributed by atoms with Crippen molar-refractivity contribution >= 4 is 0 Å². The van der Waals surface area contributed by atoms with Crippen LogP contribution >= 0.6 is 0 Å². The zero-order valence-corrected chi connectivity index (χ0v) is 3.92. The van der Waals surface area contributed by atoms with Crippen LogP contribution in [0.25, 0.3) is 5.43 Å². The molecule has 7 heavy (non-hydrogen) atoms. The van der Waals surface area contributed by atoms with Gasteiger partial charge in [0.2, 0.25) is 0 Å². The van der Waals surface area contributed by atoms with Gasteiger partial charge in [-0.2, -0.15) is 5.22 Å². The Morgan fingerprint density at radius 3 is 3.00 bits per heavy atom. The van der Waals surface area contributed by atoms with Gasteiger partial charge >= 0.3 is 0 Å². The van der Waals surface area contributed by atoms with Crippen molar-refractivity contribution in [1.29, 1.82) is 0 Å². The average Bonchev–Trinajstić information content (AvgIpc) is 2.14. The van der Waals surface area contributed by atoms with Gasteiger partial charge in [0.05, 0.1) is 0 Å². The van der Waals surface area contributed by atoms with E-state index in [1.165, 1.54) is 0 Å². The molecule has 0 bridgehead atoms. The molecule has 0 fully saturated rings. The van der Waals surface area contributed by atoms with Gasteiger partial charge in [0.15, 0.2) is 0 Å². The Balaban J connectivity index is 2.59. The van der Waals surface area contributed by atoms with Crippen molar-refractivity contribution in [3.05, 3.63) is 17.3 Å². The third-order valence-electron chi connectivity index (χ3n) is 0.620. The number of nitrogens with one attached hydrogen (secondary N) is 1. The van der Waals surface area contributed by atoms with E-state index in [0.717, 1.165) is 0 Å². The molecule has 1 aliphatic heterocycles. The molecule has 0 aromatic heterocycles. The predicted octanol–water partition coefficient (Wildman–Crippen LogP) is 1.11. The van der Waals surface area contributed by atoms with E-state index in [1.54, 1.807) is 6.08 Å². The summed E-state index contributed by atoms with van der Waals surface area (Å²) in [5, 5.41) is 6.94. The summed E-state index contributed by atoms with van der Waals surface area (Å²) in [6.45, 7) is 1.85. The first-order valence-corrected chi connectivity index (χ1v) is 1.96. The molecule has 1 N–H and O–H groups in total. The minimum Gasteiger partial charge on any atom is -0.359 e. The minimum absolute atomic E-state index is 0.639. The molecule has 0 spiro atoms. The molecule has 4 heteroatoms. The summed E-state index contributed by atoms with van der Waals surface area (Å²) >= 11 is 0. The fourth-order valence-electron chi connectivity index (χ4n) is 0.292. The molecule has 0 aromatic carbocycles. The van der Waals surface area contributed by atoms with Crippen molar-refractivity contribution in [1.82, 2.24) is 5.53 Å². The first-order valence-electron chi connectivity index (χ1n) is 1.96. The average molecular weight is 97.1 g/mol. The molecule has 1 rings (SSSR count). The third-order valence-corrected chi connectivity index (χ3v) is 0.620. The Morgan fingerprint density at radius 1 is 1.86 bits per heavy atom. The van der Waals surface area contributed by atoms with Crippen LogP contribution in [0, 0.1) is 0 Å². The van der Waals surface area contributed by atoms with Crippen LogP contribution in [-0.4, -0.2) is 0 Å². The normalized spacial score (nSPS) is 22.1. The highest BCUT2D eigenvalue weighted by Gasteiger charge is 1.78. The lowest BCUT2D eigenvalue weighted by atomic mass is 10.6. The Morgan fingerprint density at radius 2 is 2.71 bits per heavy atom. The van der Waals surface area contributed by atoms with Crippen LogP contribution in [0.3, 0.4) is 0 Å². The van der Waals surface area contributed by atoms with Crippen molar-refractivity contribution in [2.75, 3.05) is 0 Å². The molecule has 0 amide bonds. The lowest BCUT2D eigenvalue weighted by Crippen LogP contribution is -1.85. The molecule has 38 valence electrons. The van der Waals surface area contributed by atoms with Gasteiger partial charge < -0.3 is 10.5 Å². The van der Waals surface area contributed by atoms with Gasteiger partial charge in [-0.1, -0.05) is 6.08 Å². The van der Waals surface area contributed by atoms with Gasteiger partial charge in [0, 0.05) is 0 Å². The molecule has 1 heterocycles. The molecular formula is C3H5N4-. The van der Waals surface area contributed by atoms with Crippen LogP contribution < -0.4 is 5.53 Å². The smallest absolute Gasteiger partial charge is 0.0283 e. The quantitative estimate of drug-likeness (QED) is 0.483. The first kappa shape index (κ1) is 4.11. The van der Waals surface area contributed by atoms with Gasteiger partial charge in [-0.3, -0.25) is 5.53 Å². The predicted molar refractivity (Wildman–Crippen MR) is 25.1 cm³/mol. The van der Waals surface area contributed by atoms with E-state index in [2.05, 4.69) is 21.3 Å². The van der Waals surface area contributed by atoms with Crippen LogP contribution in [0.1, 0.15) is 6.92 Å². The van der Waals surface area contributed by atoms with Crippen LogP contribution in [-0.2, 0) is 0 Å². The number of rotatable bonds is 0. The Bertz CT molecular complexity index is 111. The lowest BCUT2D eigenvalue weighted by molar-refractivity contribution is 0.917. The summed E-state index contributed by atoms with van der Waals surface area (Å²) < 4.78 is 0. The molecule has 4 nitrogen and oxygen atoms in total. The van der Waals surface area contributed by atoms with Crippen molar-refractivity contribution in [3.63, 3.8) is 0 Å². The number of allylic oxidation sites excluding steroid dienone is 1. The molecular weight excluding hydrogens is 92.1 g/mol. The van der Waals surface area contributed by atoms with E-state index < -0.39 is 0 Å². The molecule has 0 saturated carbocycles. The van der Waals surface area contributed by atoms with E-state index in [0.29, 0.717) is 5.82 Å². The number of hydrogen-bond donors (Lipinski definition) is 1. The third kappa shape index (κ3) is 0.677. The largest absolute Gasteiger partial charge is 0.359 e. The van der Waals surface area contributed by atoms with Crippen molar-refractivity contribution in [2.24, 2.45) is 10.3 Å². The lowest BCUT2D eigenvalue weighted by Gasteiger charge is -1.99. The highest BCUT2D eigenvalue weighted by Crippen LogP contribution is 2.08. The van der Waals surface area contributed by atoms with Crippen molar-refractivity contribution in [2.45, 2.75) is 6.92 Å². The topological polar surface area (TPSA) is 50.9 Å². The monoisotopic (exact) mass is 97.1 g/mol. The number of nitrogens with zero attached hydrogens (tertiary/aromatic N) is 3. The first-order chi connectivity index (χ1) is 3.43.